The van der Waals surface area contributed by atoms with Gasteiger partial charge in [0, 0.05) is 24.2 Å². The number of halogens is 4. The average Bonchev–Trinajstić information content (AvgIpc) is 3.35. The Morgan fingerprint density at radius 3 is 2.74 bits per heavy atom. The van der Waals surface area contributed by atoms with Crippen LogP contribution in [0.2, 0.25) is 0 Å². The fraction of sp³-hybridized carbons (Fsp3) is 0.565. The van der Waals surface area contributed by atoms with Crippen molar-refractivity contribution in [2.45, 2.75) is 50.7 Å². The Balaban J connectivity index is 1.46. The van der Waals surface area contributed by atoms with Crippen molar-refractivity contribution in [1.29, 1.82) is 0 Å². The number of nitrogens with one attached hydrogen (secondary N) is 2. The lowest BCUT2D eigenvalue weighted by Gasteiger charge is -2.33. The van der Waals surface area contributed by atoms with E-state index < -0.39 is 24.9 Å². The summed E-state index contributed by atoms with van der Waals surface area (Å²) in [6, 6.07) is 6.25. The maximum Gasteiger partial charge on any atom is 0.406 e. The van der Waals surface area contributed by atoms with Crippen LogP contribution in [0.3, 0.4) is 0 Å². The van der Waals surface area contributed by atoms with Gasteiger partial charge in [0.15, 0.2) is 0 Å². The van der Waals surface area contributed by atoms with Crippen molar-refractivity contribution < 1.29 is 22.0 Å². The van der Waals surface area contributed by atoms with Gasteiger partial charge in [-0.1, -0.05) is 6.07 Å². The van der Waals surface area contributed by atoms with Gasteiger partial charge in [-0.05, 0) is 57.0 Å². The molecule has 2 N–H and O–H groups in total. The summed E-state index contributed by atoms with van der Waals surface area (Å²) in [5.41, 5.74) is 1.14. The molecule has 7 nitrogen and oxygen atoms in total. The maximum atomic E-state index is 14.6. The Bertz CT molecular complexity index is 1140. The molecule has 2 atom stereocenters. The van der Waals surface area contributed by atoms with E-state index in [1.54, 1.807) is 24.3 Å². The van der Waals surface area contributed by atoms with Crippen LogP contribution >= 0.6 is 0 Å². The van der Waals surface area contributed by atoms with Gasteiger partial charge in [-0.15, -0.1) is 10.2 Å². The lowest BCUT2D eigenvalue weighted by molar-refractivity contribution is -0.139. The molecule has 1 saturated carbocycles. The molecule has 0 spiro atoms. The van der Waals surface area contributed by atoms with Crippen molar-refractivity contribution in [3.8, 4) is 11.6 Å². The fourth-order valence-corrected chi connectivity index (χ4v) is 4.49. The molecule has 0 radical (unpaired) electrons. The number of benzene rings is 1. The van der Waals surface area contributed by atoms with E-state index >= 15 is 0 Å². The molecular formula is C23H28F4N6O. The van der Waals surface area contributed by atoms with E-state index in [-0.39, 0.29) is 11.6 Å². The zero-order chi connectivity index (χ0) is 23.9. The van der Waals surface area contributed by atoms with Gasteiger partial charge in [0.1, 0.15) is 18.4 Å². The molecule has 2 aliphatic rings. The molecule has 5 rings (SSSR count). The molecule has 0 unspecified atom stereocenters. The van der Waals surface area contributed by atoms with Gasteiger partial charge < -0.3 is 24.5 Å². The highest BCUT2D eigenvalue weighted by Crippen LogP contribution is 2.35. The van der Waals surface area contributed by atoms with Crippen LogP contribution in [0.1, 0.15) is 25.2 Å². The van der Waals surface area contributed by atoms with Gasteiger partial charge in [-0.25, -0.2) is 4.39 Å². The normalized spacial score (nSPS) is 21.9. The predicted octanol–water partition coefficient (Wildman–Crippen LogP) is 4.21. The van der Waals surface area contributed by atoms with E-state index in [1.165, 1.54) is 12.8 Å². The molecule has 184 valence electrons. The first-order valence-electron chi connectivity index (χ1n) is 11.6. The van der Waals surface area contributed by atoms with Crippen molar-refractivity contribution in [3.63, 3.8) is 0 Å². The highest BCUT2D eigenvalue weighted by Gasteiger charge is 2.32. The van der Waals surface area contributed by atoms with E-state index in [4.69, 9.17) is 4.42 Å². The third-order valence-corrected chi connectivity index (χ3v) is 6.46. The molecule has 34 heavy (non-hydrogen) atoms. The quantitative estimate of drug-likeness (QED) is 0.471. The number of piperidine rings is 1. The highest BCUT2D eigenvalue weighted by atomic mass is 19.4. The van der Waals surface area contributed by atoms with Gasteiger partial charge in [0.05, 0.1) is 18.1 Å². The summed E-state index contributed by atoms with van der Waals surface area (Å²) < 4.78 is 61.9. The Labute approximate surface area is 194 Å². The summed E-state index contributed by atoms with van der Waals surface area (Å²) in [4.78, 5) is 1.92. The van der Waals surface area contributed by atoms with E-state index in [1.807, 2.05) is 11.9 Å². The standard InChI is InChI=1S/C23H28F4N6O/c1-32-8-7-18(16(24)12-32)29-17-3-2-4-19-15(17)9-20(33(19)13-23(25,26)27)22-31-30-21(34-22)11-28-10-14-5-6-14/h2-4,9,14,16,18,28-29H,5-8,10-13H2,1H3/t16-,18+/m1/s1. The van der Waals surface area contributed by atoms with Crippen LogP contribution in [0.25, 0.3) is 22.5 Å². The summed E-state index contributed by atoms with van der Waals surface area (Å²) in [5.74, 6) is 1.03. The number of alkyl halides is 4. The number of hydrogen-bond donors (Lipinski definition) is 2. The first-order chi connectivity index (χ1) is 16.3. The minimum absolute atomic E-state index is 0.0253. The molecule has 0 bridgehead atoms. The Morgan fingerprint density at radius 2 is 2.00 bits per heavy atom. The third kappa shape index (κ3) is 5.20. The zero-order valence-corrected chi connectivity index (χ0v) is 18.9. The lowest BCUT2D eigenvalue weighted by Crippen LogP contribution is -2.46. The van der Waals surface area contributed by atoms with E-state index in [2.05, 4.69) is 20.8 Å². The van der Waals surface area contributed by atoms with Crippen LogP contribution in [0, 0.1) is 5.92 Å². The zero-order valence-electron chi connectivity index (χ0n) is 18.9. The van der Waals surface area contributed by atoms with Crippen LogP contribution in [0.4, 0.5) is 23.2 Å². The Hall–Kier alpha value is -2.66. The van der Waals surface area contributed by atoms with E-state index in [0.717, 1.165) is 17.7 Å². The van der Waals surface area contributed by atoms with E-state index in [9.17, 15) is 17.6 Å². The SMILES string of the molecule is CN1CC[C@H](Nc2cccc3c2cc(-c2nnc(CNCC4CC4)o2)n3CC(F)(F)F)[C@H](F)C1. The number of hydrogen-bond acceptors (Lipinski definition) is 6. The molecule has 1 saturated heterocycles. The number of aromatic nitrogens is 3. The van der Waals surface area contributed by atoms with Crippen LogP contribution < -0.4 is 10.6 Å². The molecule has 2 fully saturated rings. The van der Waals surface area contributed by atoms with E-state index in [0.29, 0.717) is 47.9 Å². The number of likely N-dealkylation sites (tertiary alicyclic amines) is 1. The smallest absolute Gasteiger partial charge is 0.406 e. The second-order valence-corrected chi connectivity index (χ2v) is 9.36. The first-order valence-corrected chi connectivity index (χ1v) is 11.6. The van der Waals surface area contributed by atoms with Gasteiger partial charge >= 0.3 is 6.18 Å². The van der Waals surface area contributed by atoms with Gasteiger partial charge in [-0.2, -0.15) is 13.2 Å². The summed E-state index contributed by atoms with van der Waals surface area (Å²) in [6.45, 7) is 1.08. The van der Waals surface area contributed by atoms with Crippen molar-refractivity contribution >= 4 is 16.6 Å². The van der Waals surface area contributed by atoms with Crippen molar-refractivity contribution in [2.75, 3.05) is 32.0 Å². The second kappa shape index (κ2) is 9.18. The van der Waals surface area contributed by atoms with Crippen LogP contribution in [-0.4, -0.2) is 64.7 Å². The van der Waals surface area contributed by atoms with Crippen molar-refractivity contribution in [2.24, 2.45) is 5.92 Å². The molecule has 3 aromatic rings. The molecule has 3 heterocycles. The largest absolute Gasteiger partial charge is 0.418 e. The van der Waals surface area contributed by atoms with Gasteiger partial charge in [0.2, 0.25) is 5.89 Å². The van der Waals surface area contributed by atoms with Crippen LogP contribution in [0.15, 0.2) is 28.7 Å². The van der Waals surface area contributed by atoms with Gasteiger partial charge in [0.25, 0.3) is 5.89 Å². The summed E-state index contributed by atoms with van der Waals surface area (Å²) in [6.07, 6.45) is -2.51. The number of nitrogens with zero attached hydrogens (tertiary/aromatic N) is 4. The lowest BCUT2D eigenvalue weighted by atomic mass is 10.0. The number of fused-ring (bicyclic) bond motifs is 1. The maximum absolute atomic E-state index is 14.6. The first kappa shape index (κ1) is 23.1. The number of rotatable bonds is 8. The Kier molecular flexibility index (Phi) is 6.24. The third-order valence-electron chi connectivity index (χ3n) is 6.46. The number of anilines is 1. The van der Waals surface area contributed by atoms with Crippen LogP contribution in [0.5, 0.6) is 0 Å². The molecule has 2 aromatic heterocycles. The Morgan fingerprint density at radius 1 is 1.18 bits per heavy atom. The fourth-order valence-electron chi connectivity index (χ4n) is 4.49. The minimum Gasteiger partial charge on any atom is -0.418 e. The minimum atomic E-state index is -4.45. The van der Waals surface area contributed by atoms with Crippen molar-refractivity contribution in [1.82, 2.24) is 25.0 Å². The topological polar surface area (TPSA) is 71.2 Å². The molecule has 11 heteroatoms. The summed E-state index contributed by atoms with van der Waals surface area (Å²) in [7, 11) is 1.87. The second-order valence-electron chi connectivity index (χ2n) is 9.36. The monoisotopic (exact) mass is 480 g/mol. The molecule has 1 aliphatic carbocycles. The van der Waals surface area contributed by atoms with Gasteiger partial charge in [-0.3, -0.25) is 0 Å². The molecule has 0 amide bonds. The molecule has 1 aliphatic heterocycles. The summed E-state index contributed by atoms with van der Waals surface area (Å²) >= 11 is 0. The molecular weight excluding hydrogens is 452 g/mol. The predicted molar refractivity (Wildman–Crippen MR) is 120 cm³/mol. The summed E-state index contributed by atoms with van der Waals surface area (Å²) in [5, 5.41) is 15.0. The molecule has 1 aromatic carbocycles. The van der Waals surface area contributed by atoms with Crippen molar-refractivity contribution in [3.05, 3.63) is 30.2 Å². The highest BCUT2D eigenvalue weighted by molar-refractivity contribution is 5.96. The average molecular weight is 481 g/mol. The van der Waals surface area contributed by atoms with Crippen LogP contribution in [-0.2, 0) is 13.1 Å².